The fourth-order valence-electron chi connectivity index (χ4n) is 1.62. The predicted molar refractivity (Wildman–Crippen MR) is 82.2 cm³/mol. The summed E-state index contributed by atoms with van der Waals surface area (Å²) in [7, 11) is 0. The normalized spacial score (nSPS) is 11.2. The van der Waals surface area contributed by atoms with Gasteiger partial charge in [-0.1, -0.05) is 20.8 Å². The van der Waals surface area contributed by atoms with E-state index in [2.05, 4.69) is 46.0 Å². The average Bonchev–Trinajstić information content (AvgIpc) is 2.46. The second kappa shape index (κ2) is 6.47. The van der Waals surface area contributed by atoms with E-state index in [0.717, 1.165) is 23.6 Å². The standard InChI is InChI=1S/C15H21N5O/c1-5-21-14-16-7-11(8-17-14)12-6-13(20-10-19-12)18-9-15(2,3)4/h6-8,10H,5,9H2,1-4H3,(H,18,19,20). The van der Waals surface area contributed by atoms with Crippen molar-refractivity contribution in [3.05, 3.63) is 24.8 Å². The molecule has 0 bridgehead atoms. The highest BCUT2D eigenvalue weighted by Crippen LogP contribution is 2.19. The van der Waals surface area contributed by atoms with Gasteiger partial charge in [0.05, 0.1) is 12.3 Å². The van der Waals surface area contributed by atoms with E-state index in [1.54, 1.807) is 12.4 Å². The van der Waals surface area contributed by atoms with E-state index in [-0.39, 0.29) is 5.41 Å². The van der Waals surface area contributed by atoms with E-state index < -0.39 is 0 Å². The molecule has 0 aliphatic carbocycles. The third-order valence-electron chi connectivity index (χ3n) is 2.66. The maximum absolute atomic E-state index is 5.23. The van der Waals surface area contributed by atoms with E-state index in [0.29, 0.717) is 12.6 Å². The Morgan fingerprint density at radius 1 is 1.10 bits per heavy atom. The predicted octanol–water partition coefficient (Wildman–Crippen LogP) is 2.79. The van der Waals surface area contributed by atoms with Crippen molar-refractivity contribution in [1.82, 2.24) is 19.9 Å². The highest BCUT2D eigenvalue weighted by atomic mass is 16.5. The van der Waals surface area contributed by atoms with Gasteiger partial charge < -0.3 is 10.1 Å². The van der Waals surface area contributed by atoms with Crippen molar-refractivity contribution in [3.8, 4) is 17.3 Å². The first-order valence-electron chi connectivity index (χ1n) is 6.99. The van der Waals surface area contributed by atoms with Gasteiger partial charge >= 0.3 is 6.01 Å². The molecule has 2 rings (SSSR count). The Bertz CT molecular complexity index is 577. The zero-order chi connectivity index (χ0) is 15.3. The maximum Gasteiger partial charge on any atom is 0.316 e. The third-order valence-corrected chi connectivity index (χ3v) is 2.66. The molecule has 0 saturated carbocycles. The molecule has 1 N–H and O–H groups in total. The third kappa shape index (κ3) is 4.66. The van der Waals surface area contributed by atoms with Crippen molar-refractivity contribution in [2.45, 2.75) is 27.7 Å². The van der Waals surface area contributed by atoms with Crippen molar-refractivity contribution in [2.24, 2.45) is 5.41 Å². The van der Waals surface area contributed by atoms with E-state index in [1.807, 2.05) is 13.0 Å². The van der Waals surface area contributed by atoms with Crippen LogP contribution >= 0.6 is 0 Å². The van der Waals surface area contributed by atoms with Gasteiger partial charge in [0.15, 0.2) is 0 Å². The summed E-state index contributed by atoms with van der Waals surface area (Å²) in [5.74, 6) is 0.795. The molecule has 21 heavy (non-hydrogen) atoms. The van der Waals surface area contributed by atoms with Crippen LogP contribution in [-0.4, -0.2) is 33.1 Å². The quantitative estimate of drug-likeness (QED) is 0.911. The first kappa shape index (κ1) is 15.2. The topological polar surface area (TPSA) is 72.8 Å². The molecule has 0 spiro atoms. The van der Waals surface area contributed by atoms with Crippen LogP contribution in [0.4, 0.5) is 5.82 Å². The Hall–Kier alpha value is -2.24. The Morgan fingerprint density at radius 3 is 2.43 bits per heavy atom. The molecule has 0 aliphatic heterocycles. The summed E-state index contributed by atoms with van der Waals surface area (Å²) in [4.78, 5) is 16.8. The zero-order valence-electron chi connectivity index (χ0n) is 12.9. The molecule has 0 unspecified atom stereocenters. The van der Waals surface area contributed by atoms with Crippen molar-refractivity contribution in [3.63, 3.8) is 0 Å². The number of aromatic nitrogens is 4. The SMILES string of the molecule is CCOc1ncc(-c2cc(NCC(C)(C)C)ncn2)cn1. The van der Waals surface area contributed by atoms with Crippen LogP contribution in [0.25, 0.3) is 11.3 Å². The van der Waals surface area contributed by atoms with Crippen LogP contribution in [0.15, 0.2) is 24.8 Å². The first-order chi connectivity index (χ1) is 9.98. The molecule has 112 valence electrons. The van der Waals surface area contributed by atoms with Gasteiger partial charge in [-0.05, 0) is 12.3 Å². The largest absolute Gasteiger partial charge is 0.464 e. The van der Waals surface area contributed by atoms with Crippen LogP contribution in [0.3, 0.4) is 0 Å². The van der Waals surface area contributed by atoms with Crippen molar-refractivity contribution in [2.75, 3.05) is 18.5 Å². The van der Waals surface area contributed by atoms with Crippen molar-refractivity contribution in [1.29, 1.82) is 0 Å². The maximum atomic E-state index is 5.23. The second-order valence-electron chi connectivity index (χ2n) is 5.89. The van der Waals surface area contributed by atoms with Gasteiger partial charge in [0, 0.05) is 30.6 Å². The number of hydrogen-bond donors (Lipinski definition) is 1. The Kier molecular flexibility index (Phi) is 4.67. The van der Waals surface area contributed by atoms with Gasteiger partial charge in [-0.3, -0.25) is 0 Å². The van der Waals surface area contributed by atoms with Crippen LogP contribution < -0.4 is 10.1 Å². The Labute approximate surface area is 125 Å². The molecule has 6 nitrogen and oxygen atoms in total. The fourth-order valence-corrected chi connectivity index (χ4v) is 1.62. The summed E-state index contributed by atoms with van der Waals surface area (Å²) < 4.78 is 5.23. The number of nitrogens with zero attached hydrogens (tertiary/aromatic N) is 4. The minimum Gasteiger partial charge on any atom is -0.464 e. The number of nitrogens with one attached hydrogen (secondary N) is 1. The molecular formula is C15H21N5O. The molecule has 0 radical (unpaired) electrons. The second-order valence-corrected chi connectivity index (χ2v) is 5.89. The minimum atomic E-state index is 0.188. The lowest BCUT2D eigenvalue weighted by Gasteiger charge is -2.19. The van der Waals surface area contributed by atoms with Crippen LogP contribution in [-0.2, 0) is 0 Å². The van der Waals surface area contributed by atoms with Gasteiger partial charge in [0.25, 0.3) is 0 Å². The lowest BCUT2D eigenvalue weighted by Crippen LogP contribution is -2.19. The Morgan fingerprint density at radius 2 is 1.81 bits per heavy atom. The monoisotopic (exact) mass is 287 g/mol. The van der Waals surface area contributed by atoms with Crippen LogP contribution in [0.2, 0.25) is 0 Å². The first-order valence-corrected chi connectivity index (χ1v) is 6.99. The summed E-state index contributed by atoms with van der Waals surface area (Å²) in [6.07, 6.45) is 4.94. The Balaban J connectivity index is 2.13. The summed E-state index contributed by atoms with van der Waals surface area (Å²) in [6, 6.07) is 2.27. The number of anilines is 1. The van der Waals surface area contributed by atoms with Gasteiger partial charge in [-0.2, -0.15) is 0 Å². The van der Waals surface area contributed by atoms with Crippen molar-refractivity contribution < 1.29 is 4.74 Å². The highest BCUT2D eigenvalue weighted by molar-refractivity contribution is 5.60. The average molecular weight is 287 g/mol. The molecule has 0 amide bonds. The molecule has 0 atom stereocenters. The molecule has 2 aromatic heterocycles. The molecule has 2 heterocycles. The molecule has 0 saturated heterocycles. The summed E-state index contributed by atoms with van der Waals surface area (Å²) in [5, 5.41) is 3.31. The van der Waals surface area contributed by atoms with E-state index in [4.69, 9.17) is 4.74 Å². The van der Waals surface area contributed by atoms with E-state index in [1.165, 1.54) is 6.33 Å². The molecule has 0 fully saturated rings. The van der Waals surface area contributed by atoms with Crippen LogP contribution in [0, 0.1) is 5.41 Å². The van der Waals surface area contributed by atoms with Gasteiger partial charge in [0.2, 0.25) is 0 Å². The molecule has 2 aromatic rings. The zero-order valence-corrected chi connectivity index (χ0v) is 12.9. The molecule has 6 heteroatoms. The lowest BCUT2D eigenvalue weighted by atomic mass is 9.97. The van der Waals surface area contributed by atoms with Crippen LogP contribution in [0.5, 0.6) is 6.01 Å². The van der Waals surface area contributed by atoms with E-state index >= 15 is 0 Å². The summed E-state index contributed by atoms with van der Waals surface area (Å²) in [5.41, 5.74) is 1.80. The summed E-state index contributed by atoms with van der Waals surface area (Å²) >= 11 is 0. The van der Waals surface area contributed by atoms with Gasteiger partial charge in [-0.25, -0.2) is 19.9 Å². The minimum absolute atomic E-state index is 0.188. The van der Waals surface area contributed by atoms with Gasteiger partial charge in [0.1, 0.15) is 12.1 Å². The lowest BCUT2D eigenvalue weighted by molar-refractivity contribution is 0.312. The number of rotatable bonds is 5. The van der Waals surface area contributed by atoms with Gasteiger partial charge in [-0.15, -0.1) is 0 Å². The van der Waals surface area contributed by atoms with E-state index in [9.17, 15) is 0 Å². The fraction of sp³-hybridized carbons (Fsp3) is 0.467. The number of hydrogen-bond acceptors (Lipinski definition) is 6. The molecular weight excluding hydrogens is 266 g/mol. The van der Waals surface area contributed by atoms with Crippen LogP contribution in [0.1, 0.15) is 27.7 Å². The number of ether oxygens (including phenoxy) is 1. The highest BCUT2D eigenvalue weighted by Gasteiger charge is 2.10. The molecule has 0 aromatic carbocycles. The molecule has 0 aliphatic rings. The smallest absolute Gasteiger partial charge is 0.316 e. The van der Waals surface area contributed by atoms with Crippen molar-refractivity contribution >= 4 is 5.82 Å². The summed E-state index contributed by atoms with van der Waals surface area (Å²) in [6.45, 7) is 9.79.